The molecule has 0 atom stereocenters. The fourth-order valence-electron chi connectivity index (χ4n) is 2.94. The molecule has 18 heavy (non-hydrogen) atoms. The summed E-state index contributed by atoms with van der Waals surface area (Å²) in [6.45, 7) is 2.02. The molecule has 1 heterocycles. The summed E-state index contributed by atoms with van der Waals surface area (Å²) in [6, 6.07) is 7.84. The molecular formula is C15H16O3. The molecule has 0 bridgehead atoms. The first-order chi connectivity index (χ1) is 8.62. The number of carboxylic acid groups (broad SMARTS) is 1. The molecule has 94 valence electrons. The third kappa shape index (κ3) is 1.54. The van der Waals surface area contributed by atoms with Gasteiger partial charge in [-0.05, 0) is 38.0 Å². The first-order valence-electron chi connectivity index (χ1n) is 6.36. The minimum Gasteiger partial charge on any atom is -0.480 e. The predicted molar refractivity (Wildman–Crippen MR) is 68.7 cm³/mol. The SMILES string of the molecule is Cc1ccc2oc(C3(C(=O)O)CCCC3)cc2c1. The molecule has 0 aliphatic heterocycles. The lowest BCUT2D eigenvalue weighted by molar-refractivity contribution is -0.144. The maximum Gasteiger partial charge on any atom is 0.317 e. The maximum atomic E-state index is 11.6. The van der Waals surface area contributed by atoms with Crippen molar-refractivity contribution in [2.75, 3.05) is 0 Å². The molecule has 0 saturated heterocycles. The lowest BCUT2D eigenvalue weighted by Gasteiger charge is -2.20. The number of hydrogen-bond donors (Lipinski definition) is 1. The summed E-state index contributed by atoms with van der Waals surface area (Å²) >= 11 is 0. The van der Waals surface area contributed by atoms with Crippen LogP contribution in [0.1, 0.15) is 37.0 Å². The van der Waals surface area contributed by atoms with Gasteiger partial charge < -0.3 is 9.52 Å². The van der Waals surface area contributed by atoms with E-state index in [1.807, 2.05) is 31.2 Å². The van der Waals surface area contributed by atoms with E-state index in [1.165, 1.54) is 0 Å². The van der Waals surface area contributed by atoms with Crippen LogP contribution in [-0.2, 0) is 10.2 Å². The quantitative estimate of drug-likeness (QED) is 0.877. The lowest BCUT2D eigenvalue weighted by Crippen LogP contribution is -2.31. The molecule has 1 saturated carbocycles. The Labute approximate surface area is 105 Å². The summed E-state index contributed by atoms with van der Waals surface area (Å²) in [7, 11) is 0. The minimum atomic E-state index is -0.799. The van der Waals surface area contributed by atoms with E-state index >= 15 is 0 Å². The van der Waals surface area contributed by atoms with E-state index in [2.05, 4.69) is 0 Å². The zero-order chi connectivity index (χ0) is 12.8. The second-order valence-electron chi connectivity index (χ2n) is 5.25. The summed E-state index contributed by atoms with van der Waals surface area (Å²) in [5.41, 5.74) is 1.14. The maximum absolute atomic E-state index is 11.6. The molecule has 1 aliphatic carbocycles. The zero-order valence-electron chi connectivity index (χ0n) is 10.4. The number of aliphatic carboxylic acids is 1. The van der Waals surface area contributed by atoms with Gasteiger partial charge in [-0.15, -0.1) is 0 Å². The van der Waals surface area contributed by atoms with Crippen LogP contribution in [0, 0.1) is 6.92 Å². The Morgan fingerprint density at radius 2 is 2.00 bits per heavy atom. The first kappa shape index (κ1) is 11.3. The average molecular weight is 244 g/mol. The van der Waals surface area contributed by atoms with Crippen LogP contribution < -0.4 is 0 Å². The fraction of sp³-hybridized carbons (Fsp3) is 0.400. The third-order valence-electron chi connectivity index (χ3n) is 4.01. The van der Waals surface area contributed by atoms with Gasteiger partial charge in [0.2, 0.25) is 0 Å². The summed E-state index contributed by atoms with van der Waals surface area (Å²) in [6.07, 6.45) is 3.28. The predicted octanol–water partition coefficient (Wildman–Crippen LogP) is 3.64. The number of carbonyl (C=O) groups is 1. The minimum absolute atomic E-state index is 0.619. The van der Waals surface area contributed by atoms with Gasteiger partial charge in [0, 0.05) is 5.39 Å². The van der Waals surface area contributed by atoms with E-state index in [0.717, 1.165) is 29.4 Å². The van der Waals surface area contributed by atoms with E-state index < -0.39 is 11.4 Å². The van der Waals surface area contributed by atoms with Gasteiger partial charge >= 0.3 is 5.97 Å². The summed E-state index contributed by atoms with van der Waals surface area (Å²) in [4.78, 5) is 11.6. The van der Waals surface area contributed by atoms with Crippen molar-refractivity contribution in [3.63, 3.8) is 0 Å². The normalized spacial score (nSPS) is 18.3. The molecule has 3 heteroatoms. The molecule has 1 fully saturated rings. The topological polar surface area (TPSA) is 50.4 Å². The number of rotatable bonds is 2. The third-order valence-corrected chi connectivity index (χ3v) is 4.01. The van der Waals surface area contributed by atoms with E-state index in [9.17, 15) is 9.90 Å². The summed E-state index contributed by atoms with van der Waals surface area (Å²) < 4.78 is 5.79. The Hall–Kier alpha value is -1.77. The smallest absolute Gasteiger partial charge is 0.317 e. The number of aryl methyl sites for hydroxylation is 1. The number of benzene rings is 1. The van der Waals surface area contributed by atoms with Gasteiger partial charge in [-0.2, -0.15) is 0 Å². The molecule has 1 aliphatic rings. The molecule has 1 aromatic heterocycles. The van der Waals surface area contributed by atoms with Gasteiger partial charge in [0.15, 0.2) is 0 Å². The highest BCUT2D eigenvalue weighted by molar-refractivity contribution is 5.85. The monoisotopic (exact) mass is 244 g/mol. The van der Waals surface area contributed by atoms with Crippen molar-refractivity contribution in [2.45, 2.75) is 38.0 Å². The standard InChI is InChI=1S/C15H16O3/c1-10-4-5-12-11(8-10)9-13(18-12)15(14(16)17)6-2-3-7-15/h4-5,8-9H,2-3,6-7H2,1H3,(H,16,17). The highest BCUT2D eigenvalue weighted by atomic mass is 16.4. The Kier molecular flexibility index (Phi) is 2.44. The lowest BCUT2D eigenvalue weighted by atomic mass is 9.83. The van der Waals surface area contributed by atoms with Crippen LogP contribution in [0.3, 0.4) is 0 Å². The average Bonchev–Trinajstić information content (AvgIpc) is 2.94. The molecule has 1 aromatic carbocycles. The molecule has 3 nitrogen and oxygen atoms in total. The van der Waals surface area contributed by atoms with Gasteiger partial charge in [-0.1, -0.05) is 24.5 Å². The number of carboxylic acids is 1. The highest BCUT2D eigenvalue weighted by Gasteiger charge is 2.45. The van der Waals surface area contributed by atoms with Crippen molar-refractivity contribution in [1.29, 1.82) is 0 Å². The molecule has 0 radical (unpaired) electrons. The van der Waals surface area contributed by atoms with Gasteiger partial charge in [0.05, 0.1) is 0 Å². The van der Waals surface area contributed by atoms with Crippen molar-refractivity contribution in [2.24, 2.45) is 0 Å². The van der Waals surface area contributed by atoms with Crippen LogP contribution in [0.5, 0.6) is 0 Å². The number of furan rings is 1. The van der Waals surface area contributed by atoms with Crippen molar-refractivity contribution in [3.8, 4) is 0 Å². The molecule has 1 N–H and O–H groups in total. The van der Waals surface area contributed by atoms with Crippen LogP contribution in [0.2, 0.25) is 0 Å². The molecule has 2 aromatic rings. The summed E-state index contributed by atoms with van der Waals surface area (Å²) in [5.74, 6) is -0.135. The van der Waals surface area contributed by atoms with E-state index in [4.69, 9.17) is 4.42 Å². The molecule has 0 unspecified atom stereocenters. The van der Waals surface area contributed by atoms with Crippen molar-refractivity contribution in [1.82, 2.24) is 0 Å². The molecule has 0 spiro atoms. The Morgan fingerprint density at radius 3 is 2.67 bits per heavy atom. The van der Waals surface area contributed by atoms with Gasteiger partial charge in [-0.25, -0.2) is 0 Å². The first-order valence-corrected chi connectivity index (χ1v) is 6.36. The van der Waals surface area contributed by atoms with Crippen molar-refractivity contribution in [3.05, 3.63) is 35.6 Å². The molecule has 3 rings (SSSR count). The Bertz CT molecular complexity index is 603. The summed E-state index contributed by atoms with van der Waals surface area (Å²) in [5, 5.41) is 10.5. The largest absolute Gasteiger partial charge is 0.480 e. The zero-order valence-corrected chi connectivity index (χ0v) is 10.4. The van der Waals surface area contributed by atoms with Crippen LogP contribution in [0.25, 0.3) is 11.0 Å². The van der Waals surface area contributed by atoms with Gasteiger partial charge in [0.1, 0.15) is 16.8 Å². The second-order valence-corrected chi connectivity index (χ2v) is 5.25. The Morgan fingerprint density at radius 1 is 1.28 bits per heavy atom. The molecular weight excluding hydrogens is 228 g/mol. The van der Waals surface area contributed by atoms with Crippen LogP contribution >= 0.6 is 0 Å². The van der Waals surface area contributed by atoms with E-state index in [1.54, 1.807) is 0 Å². The van der Waals surface area contributed by atoms with E-state index in [0.29, 0.717) is 18.6 Å². The highest BCUT2D eigenvalue weighted by Crippen LogP contribution is 2.43. The number of fused-ring (bicyclic) bond motifs is 1. The van der Waals surface area contributed by atoms with Crippen molar-refractivity contribution < 1.29 is 14.3 Å². The number of hydrogen-bond acceptors (Lipinski definition) is 2. The van der Waals surface area contributed by atoms with Gasteiger partial charge in [0.25, 0.3) is 0 Å². The van der Waals surface area contributed by atoms with Crippen LogP contribution in [-0.4, -0.2) is 11.1 Å². The Balaban J connectivity index is 2.15. The van der Waals surface area contributed by atoms with Crippen LogP contribution in [0.4, 0.5) is 0 Å². The fourth-order valence-corrected chi connectivity index (χ4v) is 2.94. The van der Waals surface area contributed by atoms with E-state index in [-0.39, 0.29) is 0 Å². The second kappa shape index (κ2) is 3.87. The van der Waals surface area contributed by atoms with Gasteiger partial charge in [-0.3, -0.25) is 4.79 Å². The van der Waals surface area contributed by atoms with Crippen molar-refractivity contribution >= 4 is 16.9 Å². The van der Waals surface area contributed by atoms with Crippen LogP contribution in [0.15, 0.2) is 28.7 Å². The molecule has 0 amide bonds.